The number of phenolic OH excluding ortho intramolecular Hbond substituents is 2. The summed E-state index contributed by atoms with van der Waals surface area (Å²) in [6, 6.07) is 18.4. The molecule has 0 radical (unpaired) electrons. The van der Waals surface area contributed by atoms with Gasteiger partial charge in [-0.25, -0.2) is 0 Å². The van der Waals surface area contributed by atoms with Gasteiger partial charge in [0, 0.05) is 33.3 Å². The third kappa shape index (κ3) is 7.33. The molecule has 206 valence electrons. The van der Waals surface area contributed by atoms with E-state index >= 15 is 0 Å². The van der Waals surface area contributed by atoms with Crippen LogP contribution in [-0.4, -0.2) is 34.1 Å². The van der Waals surface area contributed by atoms with Crippen LogP contribution in [0.25, 0.3) is 0 Å². The van der Waals surface area contributed by atoms with Gasteiger partial charge in [-0.3, -0.25) is 9.98 Å². The Labute approximate surface area is 261 Å². The Balaban J connectivity index is 1.46. The van der Waals surface area contributed by atoms with Crippen LogP contribution in [-0.2, 0) is 0 Å². The molecule has 2 aliphatic rings. The number of aromatic hydroxyl groups is 2. The van der Waals surface area contributed by atoms with Crippen molar-refractivity contribution < 1.29 is 10.2 Å². The molecular formula is C30H28N2O2S6. The van der Waals surface area contributed by atoms with E-state index in [-0.39, 0.29) is 11.5 Å². The van der Waals surface area contributed by atoms with Gasteiger partial charge in [-0.15, -0.1) is 23.5 Å². The monoisotopic (exact) mass is 640 g/mol. The van der Waals surface area contributed by atoms with Crippen LogP contribution >= 0.6 is 70.6 Å². The summed E-state index contributed by atoms with van der Waals surface area (Å²) < 4.78 is 5.52. The molecular weight excluding hydrogens is 613 g/mol. The second-order valence-corrected chi connectivity index (χ2v) is 16.1. The van der Waals surface area contributed by atoms with Crippen LogP contribution in [0.1, 0.15) is 37.8 Å². The number of para-hydroxylation sites is 2. The fraction of sp³-hybridized carbons (Fsp3) is 0.200. The Kier molecular flexibility index (Phi) is 10.7. The lowest BCUT2D eigenvalue weighted by atomic mass is 10.2. The number of nitrogens with zero attached hydrogens (tertiary/aromatic N) is 2. The predicted molar refractivity (Wildman–Crippen MR) is 184 cm³/mol. The standard InChI is InChI=1S/C30H28N2O2S6/c1-3-13-35-27-28(36-14-4-2)40-30(39-27)29-37-25-15-21(31-17-19-9-5-7-11-23(19)33)22(16-26(25)38-29)32-18-20-10-6-8-12-24(20)34/h5-12,15-18,33-34H,3-4,13-14H2,1-2H3. The molecule has 10 heteroatoms. The van der Waals surface area contributed by atoms with Gasteiger partial charge in [0.05, 0.1) is 28.3 Å². The average molecular weight is 641 g/mol. The van der Waals surface area contributed by atoms with E-state index in [0.717, 1.165) is 21.3 Å². The zero-order valence-corrected chi connectivity index (χ0v) is 26.9. The normalized spacial score (nSPS) is 15.2. The maximum absolute atomic E-state index is 10.2. The van der Waals surface area contributed by atoms with E-state index in [9.17, 15) is 10.2 Å². The molecule has 2 N–H and O–H groups in total. The minimum absolute atomic E-state index is 0.180. The van der Waals surface area contributed by atoms with Crippen molar-refractivity contribution in [3.05, 3.63) is 88.7 Å². The van der Waals surface area contributed by atoms with Gasteiger partial charge in [0.1, 0.15) is 11.5 Å². The Morgan fingerprint density at radius 1 is 0.650 bits per heavy atom. The molecule has 40 heavy (non-hydrogen) atoms. The zero-order chi connectivity index (χ0) is 27.9. The van der Waals surface area contributed by atoms with Gasteiger partial charge in [-0.2, -0.15) is 0 Å². The Hall–Kier alpha value is -1.82. The van der Waals surface area contributed by atoms with Gasteiger partial charge in [-0.1, -0.05) is 85.2 Å². The van der Waals surface area contributed by atoms with E-state index in [1.807, 2.05) is 71.3 Å². The van der Waals surface area contributed by atoms with Crippen molar-refractivity contribution in [3.63, 3.8) is 0 Å². The van der Waals surface area contributed by atoms with Crippen molar-refractivity contribution in [1.29, 1.82) is 0 Å². The third-order valence-corrected chi connectivity index (χ3v) is 14.6. The van der Waals surface area contributed by atoms with E-state index in [4.69, 9.17) is 9.98 Å². The van der Waals surface area contributed by atoms with Crippen LogP contribution in [0.2, 0.25) is 0 Å². The molecule has 3 aromatic rings. The van der Waals surface area contributed by atoms with Gasteiger partial charge in [0.25, 0.3) is 0 Å². The van der Waals surface area contributed by atoms with Gasteiger partial charge in [0.15, 0.2) is 0 Å². The molecule has 4 nitrogen and oxygen atoms in total. The quantitative estimate of drug-likeness (QED) is 0.212. The first kappa shape index (κ1) is 29.7. The van der Waals surface area contributed by atoms with Gasteiger partial charge in [0.2, 0.25) is 0 Å². The molecule has 0 spiro atoms. The van der Waals surface area contributed by atoms with Crippen LogP contribution in [0.4, 0.5) is 11.4 Å². The first-order chi connectivity index (χ1) is 19.6. The molecule has 0 aliphatic carbocycles. The molecule has 2 heterocycles. The minimum Gasteiger partial charge on any atom is -0.507 e. The van der Waals surface area contributed by atoms with Crippen molar-refractivity contribution in [2.24, 2.45) is 9.98 Å². The second kappa shape index (κ2) is 14.4. The van der Waals surface area contributed by atoms with E-state index in [2.05, 4.69) is 26.0 Å². The van der Waals surface area contributed by atoms with Crippen LogP contribution < -0.4 is 0 Å². The number of phenols is 2. The lowest BCUT2D eigenvalue weighted by molar-refractivity contribution is 0.474. The summed E-state index contributed by atoms with van der Waals surface area (Å²) in [5, 5.41) is 20.5. The summed E-state index contributed by atoms with van der Waals surface area (Å²) in [6.07, 6.45) is 5.67. The molecule has 5 rings (SSSR count). The highest BCUT2D eigenvalue weighted by Gasteiger charge is 2.29. The van der Waals surface area contributed by atoms with E-state index in [1.54, 1.807) is 60.2 Å². The van der Waals surface area contributed by atoms with E-state index in [0.29, 0.717) is 22.5 Å². The molecule has 0 fully saturated rings. The third-order valence-electron chi connectivity index (χ3n) is 5.58. The number of hydrogen-bond acceptors (Lipinski definition) is 10. The summed E-state index contributed by atoms with van der Waals surface area (Å²) in [7, 11) is 0. The largest absolute Gasteiger partial charge is 0.507 e. The van der Waals surface area contributed by atoms with Crippen molar-refractivity contribution in [2.45, 2.75) is 36.5 Å². The summed E-state index contributed by atoms with van der Waals surface area (Å²) >= 11 is 11.4. The molecule has 0 amide bonds. The van der Waals surface area contributed by atoms with Gasteiger partial charge >= 0.3 is 0 Å². The van der Waals surface area contributed by atoms with Crippen molar-refractivity contribution in [2.75, 3.05) is 11.5 Å². The Morgan fingerprint density at radius 2 is 1.07 bits per heavy atom. The molecule has 2 aliphatic heterocycles. The Morgan fingerprint density at radius 3 is 1.50 bits per heavy atom. The molecule has 0 saturated heterocycles. The van der Waals surface area contributed by atoms with Gasteiger partial charge in [-0.05, 0) is 60.7 Å². The number of thioether (sulfide) groups is 6. The number of rotatable bonds is 10. The maximum atomic E-state index is 10.2. The topological polar surface area (TPSA) is 65.2 Å². The SMILES string of the molecule is CCCSC1=C(SCCC)SC(=C2Sc3cc(N=Cc4ccccc4O)c(N=Cc4ccccc4O)cc3S2)S1. The number of aliphatic imine (C=N–C) groups is 2. The van der Waals surface area contributed by atoms with Crippen molar-refractivity contribution in [1.82, 2.24) is 0 Å². The van der Waals surface area contributed by atoms with E-state index in [1.165, 1.54) is 29.8 Å². The van der Waals surface area contributed by atoms with Crippen LogP contribution in [0.15, 0.2) is 97.4 Å². The molecule has 0 aromatic heterocycles. The second-order valence-electron chi connectivity index (χ2n) is 8.68. The predicted octanol–water partition coefficient (Wildman–Crippen LogP) is 10.8. The average Bonchev–Trinajstić information content (AvgIpc) is 3.57. The zero-order valence-electron chi connectivity index (χ0n) is 22.0. The lowest BCUT2D eigenvalue weighted by Gasteiger charge is -2.05. The lowest BCUT2D eigenvalue weighted by Crippen LogP contribution is -1.83. The highest BCUT2D eigenvalue weighted by atomic mass is 32.3. The fourth-order valence-electron chi connectivity index (χ4n) is 3.60. The molecule has 0 saturated carbocycles. The number of hydrogen-bond donors (Lipinski definition) is 2. The van der Waals surface area contributed by atoms with Crippen LogP contribution in [0.5, 0.6) is 11.5 Å². The van der Waals surface area contributed by atoms with Crippen molar-refractivity contribution >= 4 is 94.4 Å². The Bertz CT molecular complexity index is 1410. The van der Waals surface area contributed by atoms with Crippen LogP contribution in [0, 0.1) is 0 Å². The first-order valence-corrected chi connectivity index (χ1v) is 18.1. The highest BCUT2D eigenvalue weighted by molar-refractivity contribution is 8.42. The smallest absolute Gasteiger partial charge is 0.124 e. The first-order valence-electron chi connectivity index (χ1n) is 12.8. The molecule has 0 unspecified atom stereocenters. The summed E-state index contributed by atoms with van der Waals surface area (Å²) in [5.41, 5.74) is 2.69. The fourth-order valence-corrected chi connectivity index (χ4v) is 12.1. The minimum atomic E-state index is 0.180. The molecule has 0 atom stereocenters. The maximum Gasteiger partial charge on any atom is 0.124 e. The van der Waals surface area contributed by atoms with E-state index < -0.39 is 0 Å². The molecule has 0 bridgehead atoms. The van der Waals surface area contributed by atoms with Crippen molar-refractivity contribution in [3.8, 4) is 11.5 Å². The molecule has 3 aromatic carbocycles. The highest BCUT2D eigenvalue weighted by Crippen LogP contribution is 2.64. The number of fused-ring (bicyclic) bond motifs is 1. The number of benzene rings is 3. The van der Waals surface area contributed by atoms with Gasteiger partial charge < -0.3 is 10.2 Å². The summed E-state index contributed by atoms with van der Waals surface area (Å²) in [5.74, 6) is 2.64. The summed E-state index contributed by atoms with van der Waals surface area (Å²) in [4.78, 5) is 11.8. The van der Waals surface area contributed by atoms with Crippen LogP contribution in [0.3, 0.4) is 0 Å². The summed E-state index contributed by atoms with van der Waals surface area (Å²) in [6.45, 7) is 4.46.